The number of carbonyl (C=O) groups is 1. The summed E-state index contributed by atoms with van der Waals surface area (Å²) < 4.78 is 5.70. The third kappa shape index (κ3) is 3.28. The first kappa shape index (κ1) is 14.9. The van der Waals surface area contributed by atoms with Crippen molar-refractivity contribution in [2.45, 2.75) is 13.0 Å². The first-order valence-electron chi connectivity index (χ1n) is 7.15. The number of amides is 1. The van der Waals surface area contributed by atoms with Crippen molar-refractivity contribution in [2.24, 2.45) is 11.8 Å². The molecule has 1 unspecified atom stereocenters. The number of carbonyl (C=O) groups excluding carboxylic acids is 1. The van der Waals surface area contributed by atoms with Gasteiger partial charge in [0.2, 0.25) is 0 Å². The number of hydrogen-bond acceptors (Lipinski definition) is 3. The highest BCUT2D eigenvalue weighted by atomic mass is 35.5. The third-order valence-electron chi connectivity index (χ3n) is 4.20. The number of fused-ring (bicyclic) bond motifs is 1. The van der Waals surface area contributed by atoms with Gasteiger partial charge in [0.05, 0.1) is 0 Å². The molecule has 0 saturated carbocycles. The van der Waals surface area contributed by atoms with E-state index in [0.717, 1.165) is 26.2 Å². The molecule has 1 amide bonds. The zero-order valence-corrected chi connectivity index (χ0v) is 13.3. The van der Waals surface area contributed by atoms with Gasteiger partial charge in [0.15, 0.2) is 6.10 Å². The summed E-state index contributed by atoms with van der Waals surface area (Å²) in [5.41, 5.74) is 0. The van der Waals surface area contributed by atoms with Crippen molar-refractivity contribution >= 4 is 29.1 Å². The highest BCUT2D eigenvalue weighted by Crippen LogP contribution is 2.28. The number of halogens is 2. The molecule has 21 heavy (non-hydrogen) atoms. The van der Waals surface area contributed by atoms with Gasteiger partial charge in [-0.15, -0.1) is 0 Å². The third-order valence-corrected chi connectivity index (χ3v) is 4.63. The van der Waals surface area contributed by atoms with E-state index in [4.69, 9.17) is 27.9 Å². The maximum absolute atomic E-state index is 12.5. The van der Waals surface area contributed by atoms with Crippen LogP contribution in [0.25, 0.3) is 0 Å². The van der Waals surface area contributed by atoms with Crippen LogP contribution in [0, 0.1) is 11.8 Å². The number of nitrogens with zero attached hydrogens (tertiary/aromatic N) is 1. The summed E-state index contributed by atoms with van der Waals surface area (Å²) in [4.78, 5) is 14.4. The van der Waals surface area contributed by atoms with Gasteiger partial charge in [-0.1, -0.05) is 23.2 Å². The number of nitrogens with one attached hydrogen (secondary N) is 1. The predicted molar refractivity (Wildman–Crippen MR) is 83.0 cm³/mol. The van der Waals surface area contributed by atoms with E-state index in [2.05, 4.69) is 5.32 Å². The smallest absolute Gasteiger partial charge is 0.263 e. The zero-order chi connectivity index (χ0) is 15.0. The maximum atomic E-state index is 12.5. The number of rotatable bonds is 3. The number of ether oxygens (including phenoxy) is 1. The van der Waals surface area contributed by atoms with Crippen LogP contribution in [0.5, 0.6) is 5.75 Å². The molecule has 114 valence electrons. The van der Waals surface area contributed by atoms with E-state index < -0.39 is 6.10 Å². The summed E-state index contributed by atoms with van der Waals surface area (Å²) in [6, 6.07) is 4.97. The van der Waals surface area contributed by atoms with E-state index in [1.54, 1.807) is 25.1 Å². The molecule has 0 spiro atoms. The van der Waals surface area contributed by atoms with Crippen LogP contribution >= 0.6 is 23.2 Å². The Kier molecular flexibility index (Phi) is 4.29. The Morgan fingerprint density at radius 2 is 1.81 bits per heavy atom. The molecule has 2 heterocycles. The molecule has 0 aromatic heterocycles. The minimum atomic E-state index is -0.536. The quantitative estimate of drug-likeness (QED) is 0.926. The van der Waals surface area contributed by atoms with E-state index >= 15 is 0 Å². The normalized spacial score (nSPS) is 25.8. The van der Waals surface area contributed by atoms with Crippen LogP contribution in [0.4, 0.5) is 0 Å². The molecule has 2 aliphatic heterocycles. The highest BCUT2D eigenvalue weighted by molar-refractivity contribution is 6.34. The van der Waals surface area contributed by atoms with E-state index in [-0.39, 0.29) is 5.91 Å². The van der Waals surface area contributed by atoms with Crippen molar-refractivity contribution in [3.8, 4) is 5.75 Å². The summed E-state index contributed by atoms with van der Waals surface area (Å²) in [5, 5.41) is 4.36. The molecule has 0 radical (unpaired) electrons. The van der Waals surface area contributed by atoms with Crippen molar-refractivity contribution in [2.75, 3.05) is 26.2 Å². The molecular formula is C15H18Cl2N2O2. The molecule has 2 saturated heterocycles. The monoisotopic (exact) mass is 328 g/mol. The summed E-state index contributed by atoms with van der Waals surface area (Å²) in [7, 11) is 0. The van der Waals surface area contributed by atoms with Gasteiger partial charge >= 0.3 is 0 Å². The Labute approximate surface area is 134 Å². The maximum Gasteiger partial charge on any atom is 0.263 e. The van der Waals surface area contributed by atoms with Gasteiger partial charge in [0.25, 0.3) is 5.91 Å². The molecule has 0 bridgehead atoms. The Morgan fingerprint density at radius 3 is 2.38 bits per heavy atom. The lowest BCUT2D eigenvalue weighted by Gasteiger charge is -2.22. The van der Waals surface area contributed by atoms with E-state index in [1.807, 2.05) is 4.90 Å². The van der Waals surface area contributed by atoms with Gasteiger partial charge in [-0.25, -0.2) is 0 Å². The molecule has 4 nitrogen and oxygen atoms in total. The van der Waals surface area contributed by atoms with Crippen LogP contribution in [0.3, 0.4) is 0 Å². The Balaban J connectivity index is 1.62. The molecule has 1 aromatic carbocycles. The molecule has 6 heteroatoms. The Morgan fingerprint density at radius 1 is 1.24 bits per heavy atom. The topological polar surface area (TPSA) is 41.6 Å². The second kappa shape index (κ2) is 6.03. The van der Waals surface area contributed by atoms with Crippen LogP contribution in [0.1, 0.15) is 6.92 Å². The molecule has 2 aliphatic rings. The SMILES string of the molecule is CC(Oc1cc(Cl)cc(Cl)c1)C(=O)N1C[C@H]2CNC[C@H]2C1. The summed E-state index contributed by atoms with van der Waals surface area (Å²) in [6.45, 7) is 5.42. The van der Waals surface area contributed by atoms with Crippen LogP contribution in [0.2, 0.25) is 10.0 Å². The van der Waals surface area contributed by atoms with Gasteiger partial charge < -0.3 is 15.0 Å². The summed E-state index contributed by atoms with van der Waals surface area (Å²) in [6.07, 6.45) is -0.536. The van der Waals surface area contributed by atoms with Crippen LogP contribution in [-0.4, -0.2) is 43.1 Å². The van der Waals surface area contributed by atoms with Crippen LogP contribution in [-0.2, 0) is 4.79 Å². The lowest BCUT2D eigenvalue weighted by Crippen LogP contribution is -2.40. The number of hydrogen-bond donors (Lipinski definition) is 1. The van der Waals surface area contributed by atoms with Gasteiger partial charge in [0, 0.05) is 36.2 Å². The number of benzene rings is 1. The molecule has 1 N–H and O–H groups in total. The van der Waals surface area contributed by atoms with Gasteiger partial charge in [-0.05, 0) is 37.0 Å². The molecule has 3 rings (SSSR count). The first-order valence-corrected chi connectivity index (χ1v) is 7.91. The second-order valence-corrected chi connectivity index (χ2v) is 6.66. The molecular weight excluding hydrogens is 311 g/mol. The molecule has 0 aliphatic carbocycles. The van der Waals surface area contributed by atoms with Crippen molar-refractivity contribution < 1.29 is 9.53 Å². The second-order valence-electron chi connectivity index (χ2n) is 5.79. The minimum absolute atomic E-state index is 0.0282. The molecule has 3 atom stereocenters. The molecule has 2 fully saturated rings. The van der Waals surface area contributed by atoms with Crippen molar-refractivity contribution in [3.05, 3.63) is 28.2 Å². The first-order chi connectivity index (χ1) is 10.0. The van der Waals surface area contributed by atoms with E-state index in [1.165, 1.54) is 0 Å². The van der Waals surface area contributed by atoms with Gasteiger partial charge in [0.1, 0.15) is 5.75 Å². The minimum Gasteiger partial charge on any atom is -0.481 e. The van der Waals surface area contributed by atoms with E-state index in [9.17, 15) is 4.79 Å². The summed E-state index contributed by atoms with van der Waals surface area (Å²) >= 11 is 11.9. The standard InChI is InChI=1S/C15H18Cl2N2O2/c1-9(21-14-3-12(16)2-13(17)4-14)15(20)19-7-10-5-18-6-11(10)8-19/h2-4,9-11,18H,5-8H2,1H3/t9?,10-,11+. The van der Waals surface area contributed by atoms with Crippen molar-refractivity contribution in [3.63, 3.8) is 0 Å². The van der Waals surface area contributed by atoms with E-state index in [0.29, 0.717) is 27.6 Å². The Hall–Kier alpha value is -0.970. The highest BCUT2D eigenvalue weighted by Gasteiger charge is 2.39. The fourth-order valence-corrected chi connectivity index (χ4v) is 3.65. The molecule has 1 aromatic rings. The average molecular weight is 329 g/mol. The zero-order valence-electron chi connectivity index (χ0n) is 11.8. The average Bonchev–Trinajstić information content (AvgIpc) is 2.96. The fraction of sp³-hybridized carbons (Fsp3) is 0.533. The lowest BCUT2D eigenvalue weighted by atomic mass is 10.0. The largest absolute Gasteiger partial charge is 0.481 e. The van der Waals surface area contributed by atoms with Gasteiger partial charge in [-0.2, -0.15) is 0 Å². The number of likely N-dealkylation sites (tertiary alicyclic amines) is 1. The summed E-state index contributed by atoms with van der Waals surface area (Å²) in [5.74, 6) is 1.72. The van der Waals surface area contributed by atoms with Gasteiger partial charge in [-0.3, -0.25) is 4.79 Å². The van der Waals surface area contributed by atoms with Crippen molar-refractivity contribution in [1.29, 1.82) is 0 Å². The Bertz CT molecular complexity index is 520. The predicted octanol–water partition coefficient (Wildman–Crippen LogP) is 2.44. The van der Waals surface area contributed by atoms with Crippen LogP contribution < -0.4 is 10.1 Å². The lowest BCUT2D eigenvalue weighted by molar-refractivity contribution is -0.137. The van der Waals surface area contributed by atoms with Crippen molar-refractivity contribution in [1.82, 2.24) is 10.2 Å². The fourth-order valence-electron chi connectivity index (χ4n) is 3.14. The van der Waals surface area contributed by atoms with Crippen LogP contribution in [0.15, 0.2) is 18.2 Å².